The summed E-state index contributed by atoms with van der Waals surface area (Å²) >= 11 is 0. The summed E-state index contributed by atoms with van der Waals surface area (Å²) in [6.07, 6.45) is 8.72. The fourth-order valence-electron chi connectivity index (χ4n) is 3.21. The van der Waals surface area contributed by atoms with E-state index < -0.39 is 0 Å². The van der Waals surface area contributed by atoms with Crippen LogP contribution in [0.2, 0.25) is 0 Å². The van der Waals surface area contributed by atoms with E-state index in [-0.39, 0.29) is 11.5 Å². The molecule has 0 bridgehead atoms. The summed E-state index contributed by atoms with van der Waals surface area (Å²) in [7, 11) is 1.65. The first-order valence-electron chi connectivity index (χ1n) is 9.14. The predicted molar refractivity (Wildman–Crippen MR) is 98.9 cm³/mol. The van der Waals surface area contributed by atoms with Crippen molar-refractivity contribution < 1.29 is 4.79 Å². The van der Waals surface area contributed by atoms with Gasteiger partial charge in [0.25, 0.3) is 5.56 Å². The molecule has 3 rings (SSSR count). The lowest BCUT2D eigenvalue weighted by Gasteiger charge is -2.33. The van der Waals surface area contributed by atoms with Crippen LogP contribution in [0.3, 0.4) is 0 Å². The summed E-state index contributed by atoms with van der Waals surface area (Å²) in [6, 6.07) is 3.52. The number of aromatic nitrogens is 4. The van der Waals surface area contributed by atoms with Gasteiger partial charge in [0.2, 0.25) is 5.91 Å². The smallest absolute Gasteiger partial charge is 0.268 e. The number of carbonyl (C=O) groups excluding carboxylic acids is 1. The van der Waals surface area contributed by atoms with Crippen LogP contribution in [0.1, 0.15) is 25.7 Å². The zero-order valence-corrected chi connectivity index (χ0v) is 15.2. The van der Waals surface area contributed by atoms with Gasteiger partial charge in [-0.1, -0.05) is 0 Å². The number of carbonyl (C=O) groups is 1. The van der Waals surface area contributed by atoms with Gasteiger partial charge >= 0.3 is 0 Å². The average molecular weight is 358 g/mol. The third-order valence-corrected chi connectivity index (χ3v) is 4.87. The topological polar surface area (TPSA) is 85.1 Å². The van der Waals surface area contributed by atoms with Crippen molar-refractivity contribution in [3.63, 3.8) is 0 Å². The van der Waals surface area contributed by atoms with Crippen molar-refractivity contribution in [3.05, 3.63) is 41.1 Å². The molecule has 0 unspecified atom stereocenters. The van der Waals surface area contributed by atoms with E-state index >= 15 is 0 Å². The highest BCUT2D eigenvalue weighted by Crippen LogP contribution is 2.21. The van der Waals surface area contributed by atoms with Crippen LogP contribution in [-0.2, 0) is 18.4 Å². The van der Waals surface area contributed by atoms with Gasteiger partial charge in [-0.3, -0.25) is 14.3 Å². The Hall–Kier alpha value is -2.64. The van der Waals surface area contributed by atoms with Gasteiger partial charge in [-0.15, -0.1) is 0 Å². The van der Waals surface area contributed by atoms with Gasteiger partial charge < -0.3 is 10.2 Å². The Bertz CT molecular complexity index is 762. The normalized spacial score (nSPS) is 15.2. The van der Waals surface area contributed by atoms with Gasteiger partial charge in [0.15, 0.2) is 0 Å². The zero-order valence-electron chi connectivity index (χ0n) is 15.2. The maximum Gasteiger partial charge on any atom is 0.268 e. The van der Waals surface area contributed by atoms with Crippen LogP contribution in [0.15, 0.2) is 35.5 Å². The first-order valence-corrected chi connectivity index (χ1v) is 9.14. The van der Waals surface area contributed by atoms with Crippen molar-refractivity contribution >= 4 is 11.6 Å². The van der Waals surface area contributed by atoms with Crippen molar-refractivity contribution in [2.45, 2.75) is 32.2 Å². The van der Waals surface area contributed by atoms with E-state index in [2.05, 4.69) is 20.4 Å². The van der Waals surface area contributed by atoms with E-state index in [4.69, 9.17) is 0 Å². The van der Waals surface area contributed by atoms with Crippen LogP contribution < -0.4 is 15.8 Å². The van der Waals surface area contributed by atoms with E-state index in [0.29, 0.717) is 12.3 Å². The lowest BCUT2D eigenvalue weighted by Crippen LogP contribution is -2.39. The molecule has 0 aromatic carbocycles. The Morgan fingerprint density at radius 1 is 1.31 bits per heavy atom. The van der Waals surface area contributed by atoms with Gasteiger partial charge in [0.05, 0.1) is 11.9 Å². The molecule has 1 amide bonds. The molecular formula is C18H26N6O2. The average Bonchev–Trinajstić information content (AvgIpc) is 3.16. The molecule has 3 heterocycles. The van der Waals surface area contributed by atoms with Crippen LogP contribution >= 0.6 is 0 Å². The molecule has 0 saturated carbocycles. The molecule has 0 atom stereocenters. The third-order valence-electron chi connectivity index (χ3n) is 4.87. The van der Waals surface area contributed by atoms with E-state index in [1.54, 1.807) is 25.5 Å². The number of amides is 1. The maximum absolute atomic E-state index is 12.0. The molecule has 0 spiro atoms. The Labute approximate surface area is 152 Å². The minimum Gasteiger partial charge on any atom is -0.370 e. The fraction of sp³-hybridized carbons (Fsp3) is 0.556. The molecule has 0 aliphatic carbocycles. The number of nitrogens with one attached hydrogen (secondary N) is 1. The summed E-state index contributed by atoms with van der Waals surface area (Å²) in [5, 5.41) is 11.3. The summed E-state index contributed by atoms with van der Waals surface area (Å²) in [5.74, 6) is 0.594. The number of aryl methyl sites for hydroxylation is 2. The second-order valence-electron chi connectivity index (χ2n) is 6.78. The van der Waals surface area contributed by atoms with Crippen molar-refractivity contribution in [2.75, 3.05) is 24.5 Å². The number of anilines is 1. The van der Waals surface area contributed by atoms with E-state index in [0.717, 1.165) is 51.1 Å². The van der Waals surface area contributed by atoms with Gasteiger partial charge in [0, 0.05) is 58.1 Å². The molecule has 2 aromatic heterocycles. The van der Waals surface area contributed by atoms with Crippen LogP contribution in [0.5, 0.6) is 0 Å². The molecule has 1 N–H and O–H groups in total. The van der Waals surface area contributed by atoms with Crippen molar-refractivity contribution in [1.82, 2.24) is 24.9 Å². The quantitative estimate of drug-likeness (QED) is 0.791. The summed E-state index contributed by atoms with van der Waals surface area (Å²) in [6.45, 7) is 3.26. The molecule has 8 heteroatoms. The minimum atomic E-state index is -0.0907. The molecule has 2 aromatic rings. The van der Waals surface area contributed by atoms with E-state index in [1.807, 2.05) is 16.9 Å². The Morgan fingerprint density at radius 3 is 2.81 bits per heavy atom. The lowest BCUT2D eigenvalue weighted by molar-refractivity contribution is -0.121. The Kier molecular flexibility index (Phi) is 6.04. The SMILES string of the molecule is Cn1ncc(N2CCC(CNC(=O)CCCn3cccn3)CC2)cc1=O. The second-order valence-corrected chi connectivity index (χ2v) is 6.78. The number of hydrogen-bond acceptors (Lipinski definition) is 5. The first-order chi connectivity index (χ1) is 12.6. The summed E-state index contributed by atoms with van der Waals surface area (Å²) < 4.78 is 3.17. The molecule has 1 saturated heterocycles. The second kappa shape index (κ2) is 8.64. The Balaban J connectivity index is 1.35. The number of hydrogen-bond donors (Lipinski definition) is 1. The zero-order chi connectivity index (χ0) is 18.4. The molecule has 140 valence electrons. The highest BCUT2D eigenvalue weighted by molar-refractivity contribution is 5.75. The van der Waals surface area contributed by atoms with Gasteiger partial charge in [0.1, 0.15) is 0 Å². The van der Waals surface area contributed by atoms with Gasteiger partial charge in [-0.25, -0.2) is 4.68 Å². The maximum atomic E-state index is 12.0. The van der Waals surface area contributed by atoms with E-state index in [1.165, 1.54) is 4.68 Å². The highest BCUT2D eigenvalue weighted by Gasteiger charge is 2.20. The van der Waals surface area contributed by atoms with Crippen LogP contribution in [0, 0.1) is 5.92 Å². The molecule has 1 aliphatic rings. The monoisotopic (exact) mass is 358 g/mol. The van der Waals surface area contributed by atoms with Crippen LogP contribution in [0.4, 0.5) is 5.69 Å². The third kappa shape index (κ3) is 4.93. The Morgan fingerprint density at radius 2 is 2.12 bits per heavy atom. The first kappa shape index (κ1) is 18.2. The van der Waals surface area contributed by atoms with Crippen LogP contribution in [-0.4, -0.2) is 45.1 Å². The number of nitrogens with zero attached hydrogens (tertiary/aromatic N) is 5. The predicted octanol–water partition coefficient (Wildman–Crippen LogP) is 0.790. The number of piperidine rings is 1. The van der Waals surface area contributed by atoms with Gasteiger partial charge in [-0.2, -0.15) is 10.2 Å². The lowest BCUT2D eigenvalue weighted by atomic mass is 9.96. The van der Waals surface area contributed by atoms with E-state index in [9.17, 15) is 9.59 Å². The molecule has 8 nitrogen and oxygen atoms in total. The number of rotatable bonds is 7. The van der Waals surface area contributed by atoms with Gasteiger partial charge in [-0.05, 0) is 31.2 Å². The highest BCUT2D eigenvalue weighted by atomic mass is 16.1. The van der Waals surface area contributed by atoms with Crippen molar-refractivity contribution in [1.29, 1.82) is 0 Å². The fourth-order valence-corrected chi connectivity index (χ4v) is 3.21. The molecule has 1 aliphatic heterocycles. The largest absolute Gasteiger partial charge is 0.370 e. The summed E-state index contributed by atoms with van der Waals surface area (Å²) in [5.41, 5.74) is 0.793. The summed E-state index contributed by atoms with van der Waals surface area (Å²) in [4.78, 5) is 25.9. The minimum absolute atomic E-state index is 0.0907. The van der Waals surface area contributed by atoms with Crippen LogP contribution in [0.25, 0.3) is 0 Å². The molecular weight excluding hydrogens is 332 g/mol. The molecule has 0 radical (unpaired) electrons. The molecule has 1 fully saturated rings. The molecule has 26 heavy (non-hydrogen) atoms. The standard InChI is InChI=1S/C18H26N6O2/c1-22-18(26)12-16(14-21-22)23-10-5-15(6-11-23)13-19-17(25)4-2-8-24-9-3-7-20-24/h3,7,9,12,14-15H,2,4-6,8,10-11,13H2,1H3,(H,19,25). The van der Waals surface area contributed by atoms with Crippen molar-refractivity contribution in [3.8, 4) is 0 Å². The van der Waals surface area contributed by atoms with Crippen molar-refractivity contribution in [2.24, 2.45) is 13.0 Å².